The van der Waals surface area contributed by atoms with Crippen LogP contribution in [-0.2, 0) is 6.42 Å². The average Bonchev–Trinajstić information content (AvgIpc) is 3.16. The Morgan fingerprint density at radius 2 is 1.80 bits per heavy atom. The van der Waals surface area contributed by atoms with E-state index in [-0.39, 0.29) is 11.4 Å². The van der Waals surface area contributed by atoms with E-state index in [2.05, 4.69) is 23.2 Å². The van der Waals surface area contributed by atoms with Gasteiger partial charge in [-0.3, -0.25) is 0 Å². The number of rotatable bonds is 5. The Morgan fingerprint density at radius 1 is 1.04 bits per heavy atom. The van der Waals surface area contributed by atoms with Crippen LogP contribution >= 0.6 is 11.8 Å². The number of pyridine rings is 1. The van der Waals surface area contributed by atoms with Gasteiger partial charge in [-0.05, 0) is 24.1 Å². The van der Waals surface area contributed by atoms with Gasteiger partial charge in [0, 0.05) is 5.75 Å². The lowest BCUT2D eigenvalue weighted by molar-refractivity contribution is 0.581. The lowest BCUT2D eigenvalue weighted by Gasteiger charge is -2.11. The van der Waals surface area contributed by atoms with Crippen molar-refractivity contribution in [1.29, 1.82) is 10.5 Å². The summed E-state index contributed by atoms with van der Waals surface area (Å²) in [6.07, 6.45) is 2.34. The SMILES string of the molecule is N#Cc1c(N)nc(SCCc2ccccc2)c(C#N)c1-c1ccco1. The molecule has 2 N–H and O–H groups in total. The molecule has 3 rings (SSSR count). The van der Waals surface area contributed by atoms with Crippen LogP contribution in [0.15, 0.2) is 58.2 Å². The summed E-state index contributed by atoms with van der Waals surface area (Å²) in [7, 11) is 0. The van der Waals surface area contributed by atoms with Crippen molar-refractivity contribution in [1.82, 2.24) is 4.98 Å². The first kappa shape index (κ1) is 16.6. The number of benzene rings is 1. The minimum Gasteiger partial charge on any atom is -0.464 e. The van der Waals surface area contributed by atoms with Crippen molar-refractivity contribution in [2.75, 3.05) is 11.5 Å². The largest absolute Gasteiger partial charge is 0.464 e. The summed E-state index contributed by atoms with van der Waals surface area (Å²) in [6, 6.07) is 17.7. The van der Waals surface area contributed by atoms with Crippen LogP contribution < -0.4 is 5.73 Å². The average molecular weight is 346 g/mol. The lowest BCUT2D eigenvalue weighted by Crippen LogP contribution is -2.03. The van der Waals surface area contributed by atoms with Crippen molar-refractivity contribution >= 4 is 17.6 Å². The van der Waals surface area contributed by atoms with E-state index in [9.17, 15) is 10.5 Å². The predicted octanol–water partition coefficient (Wildman–Crippen LogP) is 4.00. The molecule has 0 amide bonds. The molecule has 2 heterocycles. The summed E-state index contributed by atoms with van der Waals surface area (Å²) in [5.41, 5.74) is 8.05. The molecule has 0 saturated heterocycles. The number of nitrogen functional groups attached to an aromatic ring is 1. The maximum absolute atomic E-state index is 9.63. The van der Waals surface area contributed by atoms with Crippen LogP contribution in [-0.4, -0.2) is 10.7 Å². The highest BCUT2D eigenvalue weighted by molar-refractivity contribution is 7.99. The highest BCUT2D eigenvalue weighted by Gasteiger charge is 2.22. The van der Waals surface area contributed by atoms with E-state index in [0.717, 1.165) is 12.2 Å². The molecule has 0 spiro atoms. The van der Waals surface area contributed by atoms with Crippen LogP contribution in [0.3, 0.4) is 0 Å². The van der Waals surface area contributed by atoms with E-state index in [1.165, 1.54) is 23.6 Å². The van der Waals surface area contributed by atoms with Crippen LogP contribution in [0.25, 0.3) is 11.3 Å². The van der Waals surface area contributed by atoms with E-state index in [0.29, 0.717) is 21.9 Å². The van der Waals surface area contributed by atoms with Crippen LogP contribution in [0, 0.1) is 22.7 Å². The number of furan rings is 1. The molecule has 0 aliphatic rings. The number of hydrogen-bond donors (Lipinski definition) is 1. The quantitative estimate of drug-likeness (QED) is 0.701. The van der Waals surface area contributed by atoms with Crippen molar-refractivity contribution in [3.8, 4) is 23.5 Å². The predicted molar refractivity (Wildman–Crippen MR) is 96.7 cm³/mol. The fourth-order valence-electron chi connectivity index (χ4n) is 2.48. The van der Waals surface area contributed by atoms with Crippen LogP contribution in [0.2, 0.25) is 0 Å². The first-order chi connectivity index (χ1) is 12.2. The Morgan fingerprint density at radius 3 is 2.44 bits per heavy atom. The third-order valence-corrected chi connectivity index (χ3v) is 4.63. The van der Waals surface area contributed by atoms with Crippen molar-refractivity contribution in [3.63, 3.8) is 0 Å². The molecule has 0 aliphatic carbocycles. The Bertz CT molecular complexity index is 954. The Labute approximate surface area is 149 Å². The molecule has 1 aromatic carbocycles. The fourth-order valence-corrected chi connectivity index (χ4v) is 3.47. The summed E-state index contributed by atoms with van der Waals surface area (Å²) in [5, 5.41) is 19.6. The molecule has 6 heteroatoms. The normalized spacial score (nSPS) is 10.2. The number of aryl methyl sites for hydroxylation is 1. The molecule has 0 bridgehead atoms. The van der Waals surface area contributed by atoms with Gasteiger partial charge >= 0.3 is 0 Å². The molecular weight excluding hydrogens is 332 g/mol. The second-order valence-corrected chi connectivity index (χ2v) is 6.30. The highest BCUT2D eigenvalue weighted by Crippen LogP contribution is 2.35. The topological polar surface area (TPSA) is 99.6 Å². The van der Waals surface area contributed by atoms with Crippen molar-refractivity contribution in [3.05, 3.63) is 65.4 Å². The molecule has 122 valence electrons. The van der Waals surface area contributed by atoms with Gasteiger partial charge in [-0.1, -0.05) is 30.3 Å². The summed E-state index contributed by atoms with van der Waals surface area (Å²) in [5.74, 6) is 1.29. The van der Waals surface area contributed by atoms with E-state index in [1.807, 2.05) is 24.3 Å². The van der Waals surface area contributed by atoms with E-state index in [1.54, 1.807) is 12.1 Å². The van der Waals surface area contributed by atoms with Gasteiger partial charge in [0.1, 0.15) is 34.3 Å². The second-order valence-electron chi connectivity index (χ2n) is 5.21. The summed E-state index contributed by atoms with van der Waals surface area (Å²) >= 11 is 1.45. The number of aromatic nitrogens is 1. The van der Waals surface area contributed by atoms with Gasteiger partial charge in [-0.25, -0.2) is 4.98 Å². The van der Waals surface area contributed by atoms with Gasteiger partial charge in [0.05, 0.1) is 17.4 Å². The smallest absolute Gasteiger partial charge is 0.143 e. The zero-order chi connectivity index (χ0) is 17.6. The number of nitriles is 2. The number of hydrogen-bond acceptors (Lipinski definition) is 6. The molecule has 0 aliphatic heterocycles. The summed E-state index contributed by atoms with van der Waals surface area (Å²) in [6.45, 7) is 0. The number of anilines is 1. The number of nitrogens with two attached hydrogens (primary N) is 1. The summed E-state index contributed by atoms with van der Waals surface area (Å²) < 4.78 is 5.39. The van der Waals surface area contributed by atoms with Crippen molar-refractivity contribution in [2.45, 2.75) is 11.4 Å². The molecular formula is C19H14N4OS. The fraction of sp³-hybridized carbons (Fsp3) is 0.105. The number of thioether (sulfide) groups is 1. The van der Waals surface area contributed by atoms with E-state index >= 15 is 0 Å². The second kappa shape index (κ2) is 7.57. The molecule has 0 radical (unpaired) electrons. The summed E-state index contributed by atoms with van der Waals surface area (Å²) in [4.78, 5) is 4.27. The first-order valence-electron chi connectivity index (χ1n) is 7.59. The zero-order valence-electron chi connectivity index (χ0n) is 13.3. The van der Waals surface area contributed by atoms with Gasteiger partial charge in [-0.15, -0.1) is 11.8 Å². The molecule has 25 heavy (non-hydrogen) atoms. The maximum Gasteiger partial charge on any atom is 0.143 e. The number of nitrogens with zero attached hydrogens (tertiary/aromatic N) is 3. The lowest BCUT2D eigenvalue weighted by atomic mass is 10.0. The molecule has 2 aromatic heterocycles. The molecule has 0 atom stereocenters. The Hall–Kier alpha value is -3.22. The Balaban J connectivity index is 1.95. The zero-order valence-corrected chi connectivity index (χ0v) is 14.1. The minimum atomic E-state index is 0.107. The van der Waals surface area contributed by atoms with Gasteiger partial charge in [0.2, 0.25) is 0 Å². The monoisotopic (exact) mass is 346 g/mol. The highest BCUT2D eigenvalue weighted by atomic mass is 32.2. The van der Waals surface area contributed by atoms with Crippen molar-refractivity contribution in [2.24, 2.45) is 0 Å². The molecule has 0 fully saturated rings. The molecule has 0 unspecified atom stereocenters. The van der Waals surface area contributed by atoms with Crippen molar-refractivity contribution < 1.29 is 4.42 Å². The maximum atomic E-state index is 9.63. The van der Waals surface area contributed by atoms with Gasteiger partial charge in [0.15, 0.2) is 0 Å². The molecule has 3 aromatic rings. The van der Waals surface area contributed by atoms with Gasteiger partial charge in [0.25, 0.3) is 0 Å². The van der Waals surface area contributed by atoms with Crippen LogP contribution in [0.4, 0.5) is 5.82 Å². The molecule has 5 nitrogen and oxygen atoms in total. The standard InChI is InChI=1S/C19H14N4OS/c20-11-14-17(16-7-4-9-24-16)15(12-21)19(23-18(14)22)25-10-8-13-5-2-1-3-6-13/h1-7,9H,8,10H2,(H2,22,23). The van der Waals surface area contributed by atoms with Crippen LogP contribution in [0.5, 0.6) is 0 Å². The third-order valence-electron chi connectivity index (χ3n) is 3.66. The van der Waals surface area contributed by atoms with Crippen LogP contribution in [0.1, 0.15) is 16.7 Å². The Kier molecular flexibility index (Phi) is 5.03. The molecule has 0 saturated carbocycles. The van der Waals surface area contributed by atoms with E-state index < -0.39 is 0 Å². The van der Waals surface area contributed by atoms with Gasteiger partial charge in [-0.2, -0.15) is 10.5 Å². The van der Waals surface area contributed by atoms with Gasteiger partial charge < -0.3 is 10.2 Å². The first-order valence-corrected chi connectivity index (χ1v) is 8.57. The third kappa shape index (κ3) is 3.50. The minimum absolute atomic E-state index is 0.107. The van der Waals surface area contributed by atoms with E-state index in [4.69, 9.17) is 10.2 Å².